The number of carbonyl (C=O) groups excluding carboxylic acids is 5. The summed E-state index contributed by atoms with van der Waals surface area (Å²) in [6.07, 6.45) is -2.97. The maximum absolute atomic E-state index is 12.8. The minimum atomic E-state index is -1.74. The second-order valence-electron chi connectivity index (χ2n) is 8.01. The lowest BCUT2D eigenvalue weighted by Crippen LogP contribution is -2.60. The summed E-state index contributed by atoms with van der Waals surface area (Å²) in [5.74, 6) is -6.74. The van der Waals surface area contributed by atoms with Crippen molar-refractivity contribution in [3.8, 4) is 5.75 Å². The Hall–Kier alpha value is -4.24. The lowest BCUT2D eigenvalue weighted by Gasteiger charge is -2.26. The average Bonchev–Trinajstić information content (AvgIpc) is 2.76. The fraction of sp³-hybridized carbons (Fsp3) is 0.429. The molecule has 0 aliphatic carbocycles. The Kier molecular flexibility index (Phi) is 11.3. The molecule has 36 heavy (non-hydrogen) atoms. The number of aromatic hydroxyl groups is 1. The fourth-order valence-corrected chi connectivity index (χ4v) is 2.99. The number of aliphatic hydroxyl groups is 1. The van der Waals surface area contributed by atoms with Crippen LogP contribution in [0.5, 0.6) is 5.75 Å². The lowest BCUT2D eigenvalue weighted by atomic mass is 10.0. The fourth-order valence-electron chi connectivity index (χ4n) is 2.99. The first-order chi connectivity index (χ1) is 16.7. The van der Waals surface area contributed by atoms with E-state index in [2.05, 4.69) is 10.6 Å². The van der Waals surface area contributed by atoms with Crippen LogP contribution < -0.4 is 33.2 Å². The van der Waals surface area contributed by atoms with Crippen molar-refractivity contribution in [1.29, 1.82) is 0 Å². The van der Waals surface area contributed by atoms with E-state index in [-0.39, 0.29) is 12.2 Å². The molecule has 0 spiro atoms. The number of carboxylic acid groups (broad SMARTS) is 1. The summed E-state index contributed by atoms with van der Waals surface area (Å²) in [6, 6.07) is -0.344. The van der Waals surface area contributed by atoms with E-state index in [1.54, 1.807) is 0 Å². The number of primary amides is 2. The van der Waals surface area contributed by atoms with Crippen LogP contribution in [-0.2, 0) is 35.2 Å². The molecule has 0 saturated carbocycles. The van der Waals surface area contributed by atoms with Crippen molar-refractivity contribution in [1.82, 2.24) is 16.0 Å². The second-order valence-corrected chi connectivity index (χ2v) is 8.01. The monoisotopic (exact) mass is 510 g/mol. The van der Waals surface area contributed by atoms with Gasteiger partial charge in [-0.1, -0.05) is 12.1 Å². The number of benzene rings is 1. The molecule has 5 amide bonds. The molecule has 5 atom stereocenters. The SMILES string of the molecule is CC(O)C(NC(=O)C(N)Cc1ccc(O)cc1)C(=O)NC(CC(N)=O)C(=O)NC(CC(N)=O)C(=O)O. The second kappa shape index (κ2) is 13.6. The van der Waals surface area contributed by atoms with Crippen LogP contribution in [0.15, 0.2) is 24.3 Å². The molecule has 1 aromatic carbocycles. The van der Waals surface area contributed by atoms with Gasteiger partial charge in [0.15, 0.2) is 0 Å². The number of carbonyl (C=O) groups is 6. The minimum Gasteiger partial charge on any atom is -0.508 e. The summed E-state index contributed by atoms with van der Waals surface area (Å²) in [6.45, 7) is 1.17. The number of rotatable bonds is 14. The van der Waals surface area contributed by atoms with Crippen molar-refractivity contribution in [2.45, 2.75) is 56.5 Å². The van der Waals surface area contributed by atoms with Crippen molar-refractivity contribution in [2.24, 2.45) is 17.2 Å². The standard InChI is InChI=1S/C21H30N6O9/c1-9(28)17(27-18(32)12(22)6-10-2-4-11(29)5-3-10)20(34)25-13(7-15(23)30)19(33)26-14(21(35)36)8-16(24)31/h2-5,9,12-14,17,28-29H,6-8,22H2,1H3,(H2,23,30)(H2,24,31)(H,25,34)(H,26,33)(H,27,32)(H,35,36). The highest BCUT2D eigenvalue weighted by molar-refractivity contribution is 5.97. The van der Waals surface area contributed by atoms with Crippen LogP contribution in [0.1, 0.15) is 25.3 Å². The number of aliphatic carboxylic acids is 1. The first-order valence-electron chi connectivity index (χ1n) is 10.6. The van der Waals surface area contributed by atoms with Gasteiger partial charge in [-0.05, 0) is 31.0 Å². The third-order valence-corrected chi connectivity index (χ3v) is 4.85. The molecular formula is C21H30N6O9. The Morgan fingerprint density at radius 2 is 1.33 bits per heavy atom. The number of phenolic OH excluding ortho intramolecular Hbond substituents is 1. The summed E-state index contributed by atoms with van der Waals surface area (Å²) >= 11 is 0. The smallest absolute Gasteiger partial charge is 0.326 e. The van der Waals surface area contributed by atoms with Gasteiger partial charge in [0, 0.05) is 0 Å². The van der Waals surface area contributed by atoms with Crippen LogP contribution in [0.3, 0.4) is 0 Å². The highest BCUT2D eigenvalue weighted by atomic mass is 16.4. The zero-order valence-electron chi connectivity index (χ0n) is 19.3. The number of hydrogen-bond donors (Lipinski definition) is 9. The van der Waals surface area contributed by atoms with Gasteiger partial charge < -0.3 is 48.5 Å². The molecule has 0 heterocycles. The summed E-state index contributed by atoms with van der Waals surface area (Å²) in [5.41, 5.74) is 16.5. The summed E-state index contributed by atoms with van der Waals surface area (Å²) < 4.78 is 0. The van der Waals surface area contributed by atoms with Gasteiger partial charge in [-0.2, -0.15) is 0 Å². The van der Waals surface area contributed by atoms with Crippen molar-refractivity contribution >= 4 is 35.5 Å². The van der Waals surface area contributed by atoms with Crippen LogP contribution in [-0.4, -0.2) is 81.1 Å². The van der Waals surface area contributed by atoms with Crippen LogP contribution in [0.25, 0.3) is 0 Å². The molecule has 12 N–H and O–H groups in total. The first-order valence-corrected chi connectivity index (χ1v) is 10.6. The quantitative estimate of drug-likeness (QED) is 0.117. The first kappa shape index (κ1) is 29.8. The predicted molar refractivity (Wildman–Crippen MR) is 123 cm³/mol. The molecule has 1 rings (SSSR count). The number of aliphatic hydroxyl groups excluding tert-OH is 1. The van der Waals surface area contributed by atoms with Gasteiger partial charge in [0.2, 0.25) is 29.5 Å². The van der Waals surface area contributed by atoms with E-state index in [1.807, 2.05) is 5.32 Å². The lowest BCUT2D eigenvalue weighted by molar-refractivity contribution is -0.144. The molecule has 0 saturated heterocycles. The van der Waals surface area contributed by atoms with Crippen LogP contribution in [0, 0.1) is 0 Å². The van der Waals surface area contributed by atoms with Gasteiger partial charge in [0.05, 0.1) is 25.0 Å². The average molecular weight is 511 g/mol. The molecular weight excluding hydrogens is 480 g/mol. The number of phenols is 1. The molecule has 1 aromatic rings. The molecule has 0 aromatic heterocycles. The Morgan fingerprint density at radius 3 is 1.81 bits per heavy atom. The minimum absolute atomic E-state index is 0.0152. The molecule has 0 radical (unpaired) electrons. The van der Waals surface area contributed by atoms with E-state index in [0.717, 1.165) is 0 Å². The Morgan fingerprint density at radius 1 is 0.833 bits per heavy atom. The largest absolute Gasteiger partial charge is 0.508 e. The normalized spacial score (nSPS) is 14.9. The maximum atomic E-state index is 12.8. The van der Waals surface area contributed by atoms with E-state index < -0.39 is 78.6 Å². The Bertz CT molecular complexity index is 983. The zero-order valence-corrected chi connectivity index (χ0v) is 19.3. The zero-order chi connectivity index (χ0) is 27.6. The predicted octanol–water partition coefficient (Wildman–Crippen LogP) is -4.07. The molecule has 5 unspecified atom stereocenters. The number of hydrogen-bond acceptors (Lipinski definition) is 9. The Labute approximate surface area is 205 Å². The van der Waals surface area contributed by atoms with E-state index in [0.29, 0.717) is 5.56 Å². The van der Waals surface area contributed by atoms with E-state index in [9.17, 15) is 39.0 Å². The van der Waals surface area contributed by atoms with Gasteiger partial charge in [0.1, 0.15) is 23.9 Å². The Balaban J connectivity index is 2.94. The van der Waals surface area contributed by atoms with Crippen LogP contribution in [0.2, 0.25) is 0 Å². The van der Waals surface area contributed by atoms with Gasteiger partial charge in [-0.3, -0.25) is 24.0 Å². The van der Waals surface area contributed by atoms with Crippen molar-refractivity contribution in [3.63, 3.8) is 0 Å². The topological polar surface area (TPSA) is 277 Å². The molecule has 15 nitrogen and oxygen atoms in total. The number of carboxylic acids is 1. The van der Waals surface area contributed by atoms with Gasteiger partial charge in [-0.25, -0.2) is 4.79 Å². The van der Waals surface area contributed by atoms with Crippen molar-refractivity contribution in [3.05, 3.63) is 29.8 Å². The van der Waals surface area contributed by atoms with Crippen LogP contribution >= 0.6 is 0 Å². The number of nitrogens with one attached hydrogen (secondary N) is 3. The third kappa shape index (κ3) is 9.94. The highest BCUT2D eigenvalue weighted by Gasteiger charge is 2.33. The molecule has 198 valence electrons. The van der Waals surface area contributed by atoms with E-state index in [4.69, 9.17) is 22.3 Å². The van der Waals surface area contributed by atoms with Gasteiger partial charge in [-0.15, -0.1) is 0 Å². The molecule has 0 fully saturated rings. The third-order valence-electron chi connectivity index (χ3n) is 4.85. The summed E-state index contributed by atoms with van der Waals surface area (Å²) in [4.78, 5) is 71.5. The molecule has 0 aliphatic heterocycles. The van der Waals surface area contributed by atoms with Gasteiger partial charge in [0.25, 0.3) is 0 Å². The highest BCUT2D eigenvalue weighted by Crippen LogP contribution is 2.11. The maximum Gasteiger partial charge on any atom is 0.326 e. The summed E-state index contributed by atoms with van der Waals surface area (Å²) in [7, 11) is 0. The van der Waals surface area contributed by atoms with Crippen molar-refractivity contribution in [2.75, 3.05) is 0 Å². The summed E-state index contributed by atoms with van der Waals surface area (Å²) in [5, 5.41) is 34.8. The molecule has 15 heteroatoms. The van der Waals surface area contributed by atoms with Crippen LogP contribution in [0.4, 0.5) is 0 Å². The van der Waals surface area contributed by atoms with Crippen molar-refractivity contribution < 1.29 is 44.1 Å². The number of amides is 5. The van der Waals surface area contributed by atoms with E-state index >= 15 is 0 Å². The molecule has 0 aliphatic rings. The molecule has 0 bridgehead atoms. The number of nitrogens with two attached hydrogens (primary N) is 3. The van der Waals surface area contributed by atoms with Gasteiger partial charge >= 0.3 is 5.97 Å². The van der Waals surface area contributed by atoms with E-state index in [1.165, 1.54) is 31.2 Å².